The molecule has 1 aromatic carbocycles. The van der Waals surface area contributed by atoms with Crippen LogP contribution in [0.5, 0.6) is 5.75 Å². The molecule has 5 heteroatoms. The smallest absolute Gasteiger partial charge is 0.239 e. The predicted molar refractivity (Wildman–Crippen MR) is 101 cm³/mol. The van der Waals surface area contributed by atoms with Crippen LogP contribution in [0, 0.1) is 19.8 Å². The lowest BCUT2D eigenvalue weighted by molar-refractivity contribution is -0.134. The summed E-state index contributed by atoms with van der Waals surface area (Å²) in [5.41, 5.74) is 8.39. The third-order valence-corrected chi connectivity index (χ3v) is 4.43. The number of ether oxygens (including phenoxy) is 1. The number of hydrogen-bond donors (Lipinski definition) is 1. The van der Waals surface area contributed by atoms with E-state index in [4.69, 9.17) is 10.5 Å². The summed E-state index contributed by atoms with van der Waals surface area (Å²) >= 11 is 0. The van der Waals surface area contributed by atoms with Gasteiger partial charge in [0.2, 0.25) is 5.91 Å². The highest BCUT2D eigenvalue weighted by molar-refractivity contribution is 5.85. The number of amides is 1. The van der Waals surface area contributed by atoms with Gasteiger partial charge in [-0.25, -0.2) is 0 Å². The zero-order valence-electron chi connectivity index (χ0n) is 15.2. The highest BCUT2D eigenvalue weighted by atomic mass is 35.5. The van der Waals surface area contributed by atoms with Gasteiger partial charge in [0, 0.05) is 25.9 Å². The number of benzene rings is 1. The van der Waals surface area contributed by atoms with Gasteiger partial charge in [-0.15, -0.1) is 12.4 Å². The Hall–Kier alpha value is -1.26. The molecule has 0 saturated carbocycles. The zero-order chi connectivity index (χ0) is 17.0. The first kappa shape index (κ1) is 20.8. The fraction of sp³-hybridized carbons (Fsp3) is 0.632. The molecule has 0 bridgehead atoms. The Balaban J connectivity index is 0.00000288. The molecule has 0 spiro atoms. The van der Waals surface area contributed by atoms with Crippen LogP contribution in [0.15, 0.2) is 18.2 Å². The molecule has 24 heavy (non-hydrogen) atoms. The fourth-order valence-electron chi connectivity index (χ4n) is 3.05. The van der Waals surface area contributed by atoms with Gasteiger partial charge in [-0.3, -0.25) is 4.79 Å². The number of rotatable bonds is 5. The molecular weight excluding hydrogens is 324 g/mol. The van der Waals surface area contributed by atoms with Crippen molar-refractivity contribution in [2.24, 2.45) is 11.7 Å². The second kappa shape index (κ2) is 9.28. The maximum Gasteiger partial charge on any atom is 0.239 e. The minimum absolute atomic E-state index is 0. The first-order chi connectivity index (χ1) is 10.9. The van der Waals surface area contributed by atoms with Crippen LogP contribution >= 0.6 is 12.4 Å². The summed E-state index contributed by atoms with van der Waals surface area (Å²) in [5, 5.41) is 0. The monoisotopic (exact) mass is 354 g/mol. The van der Waals surface area contributed by atoms with Crippen molar-refractivity contribution in [1.29, 1.82) is 0 Å². The average molecular weight is 355 g/mol. The van der Waals surface area contributed by atoms with Gasteiger partial charge in [-0.05, 0) is 43.4 Å². The molecule has 4 nitrogen and oxygen atoms in total. The molecule has 1 saturated heterocycles. The van der Waals surface area contributed by atoms with E-state index in [1.807, 2.05) is 4.90 Å². The number of aryl methyl sites for hydroxylation is 2. The highest BCUT2D eigenvalue weighted by Gasteiger charge is 2.27. The van der Waals surface area contributed by atoms with Gasteiger partial charge in [0.1, 0.15) is 11.9 Å². The molecule has 1 aromatic rings. The second-order valence-corrected chi connectivity index (χ2v) is 7.15. The largest absolute Gasteiger partial charge is 0.490 e. The SMILES string of the molecule is Cc1ccc(C)c(OC2CCN(C(=O)[C@@H](N)CC(C)C)CC2)c1.Cl. The van der Waals surface area contributed by atoms with E-state index in [-0.39, 0.29) is 30.5 Å². The van der Waals surface area contributed by atoms with Crippen LogP contribution in [-0.2, 0) is 4.79 Å². The third-order valence-electron chi connectivity index (χ3n) is 4.43. The Morgan fingerprint density at radius 3 is 2.50 bits per heavy atom. The summed E-state index contributed by atoms with van der Waals surface area (Å²) in [4.78, 5) is 14.3. The van der Waals surface area contributed by atoms with E-state index in [1.165, 1.54) is 5.56 Å². The van der Waals surface area contributed by atoms with Crippen molar-refractivity contribution in [2.75, 3.05) is 13.1 Å². The van der Waals surface area contributed by atoms with Crippen LogP contribution in [0.3, 0.4) is 0 Å². The summed E-state index contributed by atoms with van der Waals surface area (Å²) in [7, 11) is 0. The Bertz CT molecular complexity index is 540. The maximum atomic E-state index is 12.4. The molecule has 1 aliphatic heterocycles. The van der Waals surface area contributed by atoms with Crippen molar-refractivity contribution < 1.29 is 9.53 Å². The van der Waals surface area contributed by atoms with E-state index in [9.17, 15) is 4.79 Å². The summed E-state index contributed by atoms with van der Waals surface area (Å²) in [6, 6.07) is 5.91. The van der Waals surface area contributed by atoms with Crippen molar-refractivity contribution in [1.82, 2.24) is 4.90 Å². The van der Waals surface area contributed by atoms with Gasteiger partial charge < -0.3 is 15.4 Å². The summed E-state index contributed by atoms with van der Waals surface area (Å²) in [6.07, 6.45) is 2.67. The molecule has 0 aliphatic carbocycles. The van der Waals surface area contributed by atoms with Crippen molar-refractivity contribution in [3.05, 3.63) is 29.3 Å². The summed E-state index contributed by atoms with van der Waals surface area (Å²) in [5.74, 6) is 1.49. The first-order valence-corrected chi connectivity index (χ1v) is 8.65. The Kier molecular flexibility index (Phi) is 8.04. The van der Waals surface area contributed by atoms with Crippen LogP contribution < -0.4 is 10.5 Å². The molecule has 1 fully saturated rings. The molecule has 1 amide bonds. The van der Waals surface area contributed by atoms with Gasteiger partial charge in [-0.2, -0.15) is 0 Å². The number of halogens is 1. The van der Waals surface area contributed by atoms with Crippen LogP contribution in [-0.4, -0.2) is 36.0 Å². The molecule has 1 aliphatic rings. The van der Waals surface area contributed by atoms with Crippen molar-refractivity contribution in [3.8, 4) is 5.75 Å². The lowest BCUT2D eigenvalue weighted by Gasteiger charge is -2.34. The Labute approximate surface area is 152 Å². The maximum absolute atomic E-state index is 12.4. The van der Waals surface area contributed by atoms with Gasteiger partial charge in [0.05, 0.1) is 6.04 Å². The van der Waals surface area contributed by atoms with E-state index in [1.54, 1.807) is 0 Å². The van der Waals surface area contributed by atoms with Crippen LogP contribution in [0.1, 0.15) is 44.2 Å². The molecule has 0 radical (unpaired) electrons. The topological polar surface area (TPSA) is 55.6 Å². The van der Waals surface area contributed by atoms with Gasteiger partial charge in [0.25, 0.3) is 0 Å². The Morgan fingerprint density at radius 2 is 1.92 bits per heavy atom. The van der Waals surface area contributed by atoms with Gasteiger partial charge >= 0.3 is 0 Å². The number of nitrogens with zero attached hydrogens (tertiary/aromatic N) is 1. The normalized spacial score (nSPS) is 16.7. The molecule has 2 rings (SSSR count). The minimum Gasteiger partial charge on any atom is -0.490 e. The zero-order valence-corrected chi connectivity index (χ0v) is 16.1. The summed E-state index contributed by atoms with van der Waals surface area (Å²) < 4.78 is 6.15. The number of nitrogens with two attached hydrogens (primary N) is 1. The van der Waals surface area contributed by atoms with E-state index in [0.29, 0.717) is 5.92 Å². The molecular formula is C19H31ClN2O2. The number of carbonyl (C=O) groups excluding carboxylic acids is 1. The lowest BCUT2D eigenvalue weighted by Crippen LogP contribution is -2.49. The van der Waals surface area contributed by atoms with E-state index in [2.05, 4.69) is 45.9 Å². The van der Waals surface area contributed by atoms with Crippen molar-refractivity contribution in [3.63, 3.8) is 0 Å². The molecule has 0 unspecified atom stereocenters. The molecule has 136 valence electrons. The minimum atomic E-state index is -0.369. The van der Waals surface area contributed by atoms with Gasteiger partial charge in [-0.1, -0.05) is 26.0 Å². The number of carbonyl (C=O) groups is 1. The van der Waals surface area contributed by atoms with Crippen molar-refractivity contribution in [2.45, 2.75) is 59.1 Å². The average Bonchev–Trinajstić information content (AvgIpc) is 2.50. The summed E-state index contributed by atoms with van der Waals surface area (Å²) in [6.45, 7) is 9.80. The third kappa shape index (κ3) is 5.67. The van der Waals surface area contributed by atoms with E-state index < -0.39 is 0 Å². The van der Waals surface area contributed by atoms with Crippen LogP contribution in [0.2, 0.25) is 0 Å². The first-order valence-electron chi connectivity index (χ1n) is 8.65. The number of piperidine rings is 1. The van der Waals surface area contributed by atoms with Crippen LogP contribution in [0.25, 0.3) is 0 Å². The number of hydrogen-bond acceptors (Lipinski definition) is 3. The van der Waals surface area contributed by atoms with Gasteiger partial charge in [0.15, 0.2) is 0 Å². The predicted octanol–water partition coefficient (Wildman–Crippen LogP) is 3.47. The Morgan fingerprint density at radius 1 is 1.29 bits per heavy atom. The molecule has 2 N–H and O–H groups in total. The van der Waals surface area contributed by atoms with E-state index >= 15 is 0 Å². The van der Waals surface area contributed by atoms with Crippen LogP contribution in [0.4, 0.5) is 0 Å². The standard InChI is InChI=1S/C19H30N2O2.ClH/c1-13(2)11-17(20)19(22)21-9-7-16(8-10-21)23-18-12-14(3)5-6-15(18)4;/h5-6,12-13,16-17H,7-11,20H2,1-4H3;1H/t17-;/m0./s1. The molecule has 1 heterocycles. The number of likely N-dealkylation sites (tertiary alicyclic amines) is 1. The molecule has 0 aromatic heterocycles. The highest BCUT2D eigenvalue weighted by Crippen LogP contribution is 2.24. The van der Waals surface area contributed by atoms with E-state index in [0.717, 1.165) is 43.7 Å². The quantitative estimate of drug-likeness (QED) is 0.880. The van der Waals surface area contributed by atoms with Crippen molar-refractivity contribution >= 4 is 18.3 Å². The fourth-order valence-corrected chi connectivity index (χ4v) is 3.05. The lowest BCUT2D eigenvalue weighted by atomic mass is 10.0. The second-order valence-electron chi connectivity index (χ2n) is 7.15. The molecule has 1 atom stereocenters.